The number of hydrogen-bond acceptors (Lipinski definition) is 2. The quantitative estimate of drug-likeness (QED) is 0.903. The molecule has 2 N–H and O–H groups in total. The van der Waals surface area contributed by atoms with Crippen LogP contribution in [0, 0.1) is 17.1 Å². The maximum atomic E-state index is 13.1. The minimum absolute atomic E-state index is 0.0996. The first-order valence-electron chi connectivity index (χ1n) is 7.47. The second kappa shape index (κ2) is 6.09. The molecule has 0 aromatic heterocycles. The van der Waals surface area contributed by atoms with Crippen LogP contribution in [0.5, 0.6) is 0 Å². The Hall–Kier alpha value is -2.87. The number of benzene rings is 2. The topological polar surface area (TPSA) is 64.9 Å². The van der Waals surface area contributed by atoms with Gasteiger partial charge >= 0.3 is 6.03 Å². The van der Waals surface area contributed by atoms with E-state index in [1.54, 1.807) is 0 Å². The summed E-state index contributed by atoms with van der Waals surface area (Å²) in [4.78, 5) is 12.3. The van der Waals surface area contributed by atoms with Crippen molar-refractivity contribution in [3.05, 3.63) is 65.5 Å². The number of nitrogens with zero attached hydrogens (tertiary/aromatic N) is 1. The first-order chi connectivity index (χ1) is 11.1. The van der Waals surface area contributed by atoms with Crippen LogP contribution < -0.4 is 10.6 Å². The van der Waals surface area contributed by atoms with Gasteiger partial charge in [-0.05, 0) is 43.0 Å². The summed E-state index contributed by atoms with van der Waals surface area (Å²) in [6.07, 6.45) is 2.80. The van der Waals surface area contributed by atoms with E-state index in [0.29, 0.717) is 5.69 Å². The Morgan fingerprint density at radius 2 is 1.91 bits per heavy atom. The number of urea groups is 1. The fourth-order valence-electron chi connectivity index (χ4n) is 2.86. The number of rotatable bonds is 3. The molecule has 1 aliphatic carbocycles. The number of hydrogen-bond donors (Lipinski definition) is 2. The predicted molar refractivity (Wildman–Crippen MR) is 85.2 cm³/mol. The first kappa shape index (κ1) is 15.0. The van der Waals surface area contributed by atoms with E-state index in [2.05, 4.69) is 10.6 Å². The number of carbonyl (C=O) groups is 1. The molecule has 0 radical (unpaired) electrons. The molecular formula is C18H16FN3O. The van der Waals surface area contributed by atoms with Crippen molar-refractivity contribution in [3.63, 3.8) is 0 Å². The van der Waals surface area contributed by atoms with Crippen molar-refractivity contribution >= 4 is 11.7 Å². The molecule has 2 aromatic rings. The van der Waals surface area contributed by atoms with E-state index in [9.17, 15) is 9.18 Å². The summed E-state index contributed by atoms with van der Waals surface area (Å²) in [5.74, 6) is -0.507. The van der Waals surface area contributed by atoms with E-state index >= 15 is 0 Å². The average molecular weight is 309 g/mol. The fourth-order valence-corrected chi connectivity index (χ4v) is 2.86. The van der Waals surface area contributed by atoms with Crippen molar-refractivity contribution in [1.29, 1.82) is 5.26 Å². The Kier molecular flexibility index (Phi) is 3.98. The molecular weight excluding hydrogens is 293 g/mol. The molecule has 2 aromatic carbocycles. The smallest absolute Gasteiger partial charge is 0.319 e. The van der Waals surface area contributed by atoms with Crippen LogP contribution in [0.4, 0.5) is 14.9 Å². The maximum Gasteiger partial charge on any atom is 0.319 e. The lowest BCUT2D eigenvalue weighted by atomic mass is 9.72. The molecule has 0 atom stereocenters. The number of anilines is 1. The van der Waals surface area contributed by atoms with E-state index in [1.165, 1.54) is 12.1 Å². The minimum Gasteiger partial charge on any atom is -0.328 e. The highest BCUT2D eigenvalue weighted by Crippen LogP contribution is 2.41. The van der Waals surface area contributed by atoms with Gasteiger partial charge in [-0.15, -0.1) is 0 Å². The summed E-state index contributed by atoms with van der Waals surface area (Å²) in [5.41, 5.74) is 1.11. The van der Waals surface area contributed by atoms with Gasteiger partial charge < -0.3 is 10.6 Å². The van der Waals surface area contributed by atoms with Gasteiger partial charge in [0, 0.05) is 0 Å². The zero-order valence-electron chi connectivity index (χ0n) is 12.5. The SMILES string of the molecule is N#Cc1cc(F)ccc1NC(=O)NC1(c2ccccc2)CCC1. The van der Waals surface area contributed by atoms with Gasteiger partial charge in [0.05, 0.1) is 16.8 Å². The lowest BCUT2D eigenvalue weighted by molar-refractivity contribution is 0.185. The second-order valence-corrected chi connectivity index (χ2v) is 5.68. The molecule has 5 heteroatoms. The number of amides is 2. The molecule has 0 bridgehead atoms. The van der Waals surface area contributed by atoms with Crippen LogP contribution >= 0.6 is 0 Å². The highest BCUT2D eigenvalue weighted by molar-refractivity contribution is 5.91. The zero-order chi connectivity index (χ0) is 16.3. The summed E-state index contributed by atoms with van der Waals surface area (Å²) in [6, 6.07) is 15.0. The first-order valence-corrected chi connectivity index (χ1v) is 7.47. The maximum absolute atomic E-state index is 13.1. The van der Waals surface area contributed by atoms with Crippen LogP contribution in [-0.4, -0.2) is 6.03 Å². The van der Waals surface area contributed by atoms with Crippen LogP contribution in [0.3, 0.4) is 0 Å². The predicted octanol–water partition coefficient (Wildman–Crippen LogP) is 3.90. The number of halogens is 1. The summed E-state index contributed by atoms with van der Waals surface area (Å²) in [5, 5.41) is 14.7. The number of carbonyl (C=O) groups excluding carboxylic acids is 1. The molecule has 23 heavy (non-hydrogen) atoms. The van der Waals surface area contributed by atoms with Crippen LogP contribution in [-0.2, 0) is 5.54 Å². The summed E-state index contributed by atoms with van der Waals surface area (Å²) in [7, 11) is 0. The van der Waals surface area contributed by atoms with Crippen molar-refractivity contribution < 1.29 is 9.18 Å². The number of nitriles is 1. The number of nitrogens with one attached hydrogen (secondary N) is 2. The van der Waals surface area contributed by atoms with E-state index in [-0.39, 0.29) is 11.1 Å². The molecule has 2 amide bonds. The molecule has 3 rings (SSSR count). The molecule has 0 unspecified atom stereocenters. The van der Waals surface area contributed by atoms with E-state index in [4.69, 9.17) is 5.26 Å². The molecule has 0 aliphatic heterocycles. The lowest BCUT2D eigenvalue weighted by Crippen LogP contribution is -2.52. The normalized spacial score (nSPS) is 15.1. The third-order valence-electron chi connectivity index (χ3n) is 4.24. The molecule has 1 fully saturated rings. The zero-order valence-corrected chi connectivity index (χ0v) is 12.5. The van der Waals surface area contributed by atoms with E-state index < -0.39 is 11.8 Å². The Labute approximate surface area is 133 Å². The largest absolute Gasteiger partial charge is 0.328 e. The van der Waals surface area contributed by atoms with Crippen LogP contribution in [0.1, 0.15) is 30.4 Å². The van der Waals surface area contributed by atoms with Gasteiger partial charge in [0.25, 0.3) is 0 Å². The summed E-state index contributed by atoms with van der Waals surface area (Å²) >= 11 is 0. The van der Waals surface area contributed by atoms with E-state index in [0.717, 1.165) is 30.9 Å². The van der Waals surface area contributed by atoms with Crippen LogP contribution in [0.2, 0.25) is 0 Å². The molecule has 0 spiro atoms. The van der Waals surface area contributed by atoms with Crippen molar-refractivity contribution in [1.82, 2.24) is 5.32 Å². The fraction of sp³-hybridized carbons (Fsp3) is 0.222. The van der Waals surface area contributed by atoms with Gasteiger partial charge in [0.15, 0.2) is 0 Å². The molecule has 1 saturated carbocycles. The highest BCUT2D eigenvalue weighted by atomic mass is 19.1. The van der Waals surface area contributed by atoms with Crippen LogP contribution in [0.15, 0.2) is 48.5 Å². The average Bonchev–Trinajstić information content (AvgIpc) is 2.53. The minimum atomic E-state index is -0.507. The van der Waals surface area contributed by atoms with Gasteiger partial charge in [-0.25, -0.2) is 9.18 Å². The lowest BCUT2D eigenvalue weighted by Gasteiger charge is -2.43. The Morgan fingerprint density at radius 3 is 2.52 bits per heavy atom. The van der Waals surface area contributed by atoms with Crippen molar-refractivity contribution in [2.45, 2.75) is 24.8 Å². The monoisotopic (exact) mass is 309 g/mol. The van der Waals surface area contributed by atoms with Crippen molar-refractivity contribution in [2.75, 3.05) is 5.32 Å². The highest BCUT2D eigenvalue weighted by Gasteiger charge is 2.39. The van der Waals surface area contributed by atoms with Gasteiger partial charge in [-0.1, -0.05) is 30.3 Å². The Bertz CT molecular complexity index is 764. The van der Waals surface area contributed by atoms with Crippen molar-refractivity contribution in [2.24, 2.45) is 0 Å². The van der Waals surface area contributed by atoms with E-state index in [1.807, 2.05) is 36.4 Å². The molecule has 0 saturated heterocycles. The summed E-state index contributed by atoms with van der Waals surface area (Å²) in [6.45, 7) is 0. The molecule has 4 nitrogen and oxygen atoms in total. The second-order valence-electron chi connectivity index (χ2n) is 5.68. The standard InChI is InChI=1S/C18H16FN3O/c19-15-7-8-16(13(11-15)12-20)21-17(23)22-18(9-4-10-18)14-5-2-1-3-6-14/h1-3,5-8,11H,4,9-10H2,(H2,21,22,23). The van der Waals surface area contributed by atoms with Gasteiger partial charge in [-0.2, -0.15) is 5.26 Å². The third kappa shape index (κ3) is 3.02. The molecule has 0 heterocycles. The molecule has 116 valence electrons. The molecule has 1 aliphatic rings. The third-order valence-corrected chi connectivity index (χ3v) is 4.24. The van der Waals surface area contributed by atoms with Crippen molar-refractivity contribution in [3.8, 4) is 6.07 Å². The van der Waals surface area contributed by atoms with Gasteiger partial charge in [-0.3, -0.25) is 0 Å². The van der Waals surface area contributed by atoms with Gasteiger partial charge in [0.1, 0.15) is 11.9 Å². The van der Waals surface area contributed by atoms with Gasteiger partial charge in [0.2, 0.25) is 0 Å². The summed E-state index contributed by atoms with van der Waals surface area (Å²) < 4.78 is 13.1. The Morgan fingerprint density at radius 1 is 1.17 bits per heavy atom. The van der Waals surface area contributed by atoms with Crippen LogP contribution in [0.25, 0.3) is 0 Å². The Balaban J connectivity index is 1.76.